The van der Waals surface area contributed by atoms with E-state index in [2.05, 4.69) is 0 Å². The van der Waals surface area contributed by atoms with Gasteiger partial charge in [-0.1, -0.05) is 11.6 Å². The number of carbonyl (C=O) groups is 1. The third kappa shape index (κ3) is 3.28. The van der Waals surface area contributed by atoms with Crippen molar-refractivity contribution in [2.45, 2.75) is 0 Å². The number of methoxy groups -OCH3 is 3. The Morgan fingerprint density at radius 2 is 1.52 bits per heavy atom. The molecule has 0 aliphatic carbocycles. The quantitative estimate of drug-likeness (QED) is 0.792. The molecule has 0 fully saturated rings. The van der Waals surface area contributed by atoms with Crippen molar-refractivity contribution in [3.05, 3.63) is 52.5 Å². The SMILES string of the molecule is COc1cc(OC)cc(C(=O)c2ccc(Cl)cc2OC)c1. The van der Waals surface area contributed by atoms with E-state index in [0.29, 0.717) is 33.4 Å². The smallest absolute Gasteiger partial charge is 0.197 e. The normalized spacial score (nSPS) is 10.1. The molecule has 110 valence electrons. The summed E-state index contributed by atoms with van der Waals surface area (Å²) >= 11 is 5.91. The molecular weight excluding hydrogens is 292 g/mol. The standard InChI is InChI=1S/C16H15ClO4/c1-19-12-6-10(7-13(9-12)20-2)16(18)14-5-4-11(17)8-15(14)21-3/h4-9H,1-3H3. The van der Waals surface area contributed by atoms with E-state index >= 15 is 0 Å². The Hall–Kier alpha value is -2.20. The van der Waals surface area contributed by atoms with E-state index in [1.54, 1.807) is 36.4 Å². The van der Waals surface area contributed by atoms with Gasteiger partial charge in [-0.2, -0.15) is 0 Å². The van der Waals surface area contributed by atoms with Crippen molar-refractivity contribution in [2.24, 2.45) is 0 Å². The van der Waals surface area contributed by atoms with Crippen LogP contribution < -0.4 is 14.2 Å². The highest BCUT2D eigenvalue weighted by atomic mass is 35.5. The largest absolute Gasteiger partial charge is 0.497 e. The summed E-state index contributed by atoms with van der Waals surface area (Å²) in [6.45, 7) is 0. The average Bonchev–Trinajstić information content (AvgIpc) is 2.53. The number of rotatable bonds is 5. The van der Waals surface area contributed by atoms with Gasteiger partial charge in [0.15, 0.2) is 5.78 Å². The number of hydrogen-bond donors (Lipinski definition) is 0. The summed E-state index contributed by atoms with van der Waals surface area (Å²) in [7, 11) is 4.56. The molecule has 4 nitrogen and oxygen atoms in total. The fourth-order valence-corrected chi connectivity index (χ4v) is 2.11. The number of hydrogen-bond acceptors (Lipinski definition) is 4. The van der Waals surface area contributed by atoms with Crippen LogP contribution in [-0.2, 0) is 0 Å². The summed E-state index contributed by atoms with van der Waals surface area (Å²) in [6.07, 6.45) is 0. The molecule has 0 radical (unpaired) electrons. The molecule has 0 saturated heterocycles. The van der Waals surface area contributed by atoms with E-state index in [1.807, 2.05) is 0 Å². The van der Waals surface area contributed by atoms with Crippen LogP contribution in [-0.4, -0.2) is 27.1 Å². The predicted molar refractivity (Wildman–Crippen MR) is 81.0 cm³/mol. The fourth-order valence-electron chi connectivity index (χ4n) is 1.95. The Morgan fingerprint density at radius 3 is 2.05 bits per heavy atom. The van der Waals surface area contributed by atoms with Crippen molar-refractivity contribution in [1.82, 2.24) is 0 Å². The van der Waals surface area contributed by atoms with Crippen molar-refractivity contribution >= 4 is 17.4 Å². The fraction of sp³-hybridized carbons (Fsp3) is 0.188. The van der Waals surface area contributed by atoms with Crippen LogP contribution >= 0.6 is 11.6 Å². The first-order valence-electron chi connectivity index (χ1n) is 6.20. The van der Waals surface area contributed by atoms with Gasteiger partial charge in [-0.15, -0.1) is 0 Å². The number of benzene rings is 2. The lowest BCUT2D eigenvalue weighted by molar-refractivity contribution is 0.103. The molecule has 0 heterocycles. The molecule has 5 heteroatoms. The van der Waals surface area contributed by atoms with Gasteiger partial charge in [0.2, 0.25) is 0 Å². The molecule has 0 aliphatic heterocycles. The van der Waals surface area contributed by atoms with Gasteiger partial charge in [0.25, 0.3) is 0 Å². The molecule has 0 aliphatic rings. The Balaban J connectivity index is 2.49. The van der Waals surface area contributed by atoms with Crippen LogP contribution in [0.2, 0.25) is 5.02 Å². The van der Waals surface area contributed by atoms with Crippen molar-refractivity contribution < 1.29 is 19.0 Å². The lowest BCUT2D eigenvalue weighted by Crippen LogP contribution is -2.05. The molecule has 2 aromatic rings. The van der Waals surface area contributed by atoms with Crippen molar-refractivity contribution in [1.29, 1.82) is 0 Å². The third-order valence-electron chi connectivity index (χ3n) is 3.02. The maximum atomic E-state index is 12.6. The van der Waals surface area contributed by atoms with Crippen LogP contribution in [0, 0.1) is 0 Å². The molecule has 0 spiro atoms. The van der Waals surface area contributed by atoms with Crippen LogP contribution in [0.25, 0.3) is 0 Å². The van der Waals surface area contributed by atoms with Crippen molar-refractivity contribution in [3.8, 4) is 17.2 Å². The Kier molecular flexibility index (Phi) is 4.70. The first-order chi connectivity index (χ1) is 10.1. The zero-order valence-electron chi connectivity index (χ0n) is 12.0. The maximum absolute atomic E-state index is 12.6. The second kappa shape index (κ2) is 6.50. The molecule has 2 rings (SSSR count). The van der Waals surface area contributed by atoms with Crippen molar-refractivity contribution in [2.75, 3.05) is 21.3 Å². The van der Waals surface area contributed by atoms with Crippen LogP contribution in [0.3, 0.4) is 0 Å². The van der Waals surface area contributed by atoms with Crippen LogP contribution in [0.15, 0.2) is 36.4 Å². The summed E-state index contributed by atoms with van der Waals surface area (Å²) in [5.74, 6) is 1.33. The van der Waals surface area contributed by atoms with Gasteiger partial charge in [-0.05, 0) is 30.3 Å². The number of ketones is 1. The average molecular weight is 307 g/mol. The topological polar surface area (TPSA) is 44.8 Å². The van der Waals surface area contributed by atoms with Gasteiger partial charge < -0.3 is 14.2 Å². The van der Waals surface area contributed by atoms with Gasteiger partial charge >= 0.3 is 0 Å². The van der Waals surface area contributed by atoms with Crippen molar-refractivity contribution in [3.63, 3.8) is 0 Å². The first-order valence-corrected chi connectivity index (χ1v) is 6.58. The maximum Gasteiger partial charge on any atom is 0.197 e. The lowest BCUT2D eigenvalue weighted by Gasteiger charge is -2.10. The van der Waals surface area contributed by atoms with Gasteiger partial charge in [0, 0.05) is 16.7 Å². The Labute approximate surface area is 128 Å². The summed E-state index contributed by atoms with van der Waals surface area (Å²) in [5, 5.41) is 0.506. The summed E-state index contributed by atoms with van der Waals surface area (Å²) < 4.78 is 15.6. The monoisotopic (exact) mass is 306 g/mol. The molecule has 21 heavy (non-hydrogen) atoms. The Bertz CT molecular complexity index is 645. The highest BCUT2D eigenvalue weighted by Crippen LogP contribution is 2.29. The zero-order chi connectivity index (χ0) is 15.4. The molecule has 2 aromatic carbocycles. The molecule has 0 aromatic heterocycles. The van der Waals surface area contributed by atoms with E-state index in [-0.39, 0.29) is 5.78 Å². The molecule has 0 atom stereocenters. The third-order valence-corrected chi connectivity index (χ3v) is 3.26. The molecule has 0 N–H and O–H groups in total. The van der Waals surface area contributed by atoms with E-state index in [0.717, 1.165) is 0 Å². The summed E-state index contributed by atoms with van der Waals surface area (Å²) in [5.41, 5.74) is 0.879. The Morgan fingerprint density at radius 1 is 0.905 bits per heavy atom. The van der Waals surface area contributed by atoms with E-state index in [9.17, 15) is 4.79 Å². The minimum Gasteiger partial charge on any atom is -0.497 e. The van der Waals surface area contributed by atoms with Gasteiger partial charge in [0.1, 0.15) is 17.2 Å². The minimum atomic E-state index is -0.194. The minimum absolute atomic E-state index is 0.194. The molecule has 0 bridgehead atoms. The van der Waals surface area contributed by atoms with E-state index in [4.69, 9.17) is 25.8 Å². The molecular formula is C16H15ClO4. The summed E-state index contributed by atoms with van der Waals surface area (Å²) in [4.78, 5) is 12.6. The molecule has 0 unspecified atom stereocenters. The van der Waals surface area contributed by atoms with Gasteiger partial charge in [-0.3, -0.25) is 4.79 Å². The summed E-state index contributed by atoms with van der Waals surface area (Å²) in [6, 6.07) is 9.89. The second-order valence-corrected chi connectivity index (χ2v) is 4.71. The molecule has 0 amide bonds. The van der Waals surface area contributed by atoms with Gasteiger partial charge in [0.05, 0.1) is 26.9 Å². The highest BCUT2D eigenvalue weighted by molar-refractivity contribution is 6.31. The van der Waals surface area contributed by atoms with E-state index < -0.39 is 0 Å². The first kappa shape index (κ1) is 15.2. The number of halogens is 1. The predicted octanol–water partition coefficient (Wildman–Crippen LogP) is 3.60. The van der Waals surface area contributed by atoms with E-state index in [1.165, 1.54) is 21.3 Å². The second-order valence-electron chi connectivity index (χ2n) is 4.28. The van der Waals surface area contributed by atoms with Crippen LogP contribution in [0.1, 0.15) is 15.9 Å². The lowest BCUT2D eigenvalue weighted by atomic mass is 10.0. The molecule has 0 saturated carbocycles. The number of ether oxygens (including phenoxy) is 3. The van der Waals surface area contributed by atoms with Crippen LogP contribution in [0.5, 0.6) is 17.2 Å². The zero-order valence-corrected chi connectivity index (χ0v) is 12.7. The highest BCUT2D eigenvalue weighted by Gasteiger charge is 2.16. The van der Waals surface area contributed by atoms with Crippen LogP contribution in [0.4, 0.5) is 0 Å². The number of carbonyl (C=O) groups excluding carboxylic acids is 1. The van der Waals surface area contributed by atoms with Gasteiger partial charge in [-0.25, -0.2) is 0 Å².